The molecule has 0 bridgehead atoms. The van der Waals surface area contributed by atoms with Crippen LogP contribution < -0.4 is 0 Å². The molecule has 3 rings (SSSR count). The molecule has 0 aliphatic heterocycles. The predicted molar refractivity (Wildman–Crippen MR) is 69.9 cm³/mol. The molecule has 3 aromatic rings. The van der Waals surface area contributed by atoms with Crippen molar-refractivity contribution in [2.24, 2.45) is 0 Å². The number of fused-ring (bicyclic) bond motifs is 1. The van der Waals surface area contributed by atoms with Crippen molar-refractivity contribution in [3.63, 3.8) is 0 Å². The first-order chi connectivity index (χ1) is 8.72. The smallest absolute Gasteiger partial charge is 0.169 e. The molecule has 2 aromatic heterocycles. The number of halogens is 2. The quantitative estimate of drug-likeness (QED) is 0.727. The second kappa shape index (κ2) is 4.49. The van der Waals surface area contributed by atoms with Crippen LogP contribution in [-0.2, 0) is 6.42 Å². The molecule has 0 amide bonds. The van der Waals surface area contributed by atoms with Gasteiger partial charge in [0.05, 0.1) is 4.47 Å². The Morgan fingerprint density at radius 3 is 2.67 bits per heavy atom. The highest BCUT2D eigenvalue weighted by Gasteiger charge is 2.07. The van der Waals surface area contributed by atoms with E-state index in [1.807, 2.05) is 18.3 Å². The molecule has 18 heavy (non-hydrogen) atoms. The Kier molecular flexibility index (Phi) is 2.83. The summed E-state index contributed by atoms with van der Waals surface area (Å²) in [7, 11) is 0. The number of hydrogen-bond donors (Lipinski definition) is 0. The third-order valence-corrected chi connectivity index (χ3v) is 3.25. The van der Waals surface area contributed by atoms with Crippen LogP contribution in [-0.4, -0.2) is 14.6 Å². The van der Waals surface area contributed by atoms with Crippen molar-refractivity contribution in [1.82, 2.24) is 14.6 Å². The van der Waals surface area contributed by atoms with Gasteiger partial charge in [0.25, 0.3) is 0 Å². The maximum atomic E-state index is 12.8. The molecular formula is C13H9BrFN3. The second-order valence-electron chi connectivity index (χ2n) is 3.96. The van der Waals surface area contributed by atoms with Gasteiger partial charge >= 0.3 is 0 Å². The van der Waals surface area contributed by atoms with E-state index in [1.165, 1.54) is 12.1 Å². The van der Waals surface area contributed by atoms with Crippen LogP contribution in [0.2, 0.25) is 0 Å². The van der Waals surface area contributed by atoms with Gasteiger partial charge in [-0.3, -0.25) is 0 Å². The van der Waals surface area contributed by atoms with Gasteiger partial charge in [-0.15, -0.1) is 0 Å². The summed E-state index contributed by atoms with van der Waals surface area (Å²) in [6, 6.07) is 10.2. The number of pyridine rings is 1. The second-order valence-corrected chi connectivity index (χ2v) is 4.81. The third kappa shape index (κ3) is 2.13. The van der Waals surface area contributed by atoms with E-state index < -0.39 is 0 Å². The van der Waals surface area contributed by atoms with Crippen LogP contribution in [0.3, 0.4) is 0 Å². The number of rotatable bonds is 2. The minimum Gasteiger partial charge on any atom is -0.220 e. The van der Waals surface area contributed by atoms with E-state index in [4.69, 9.17) is 0 Å². The average Bonchev–Trinajstić information content (AvgIpc) is 2.76. The van der Waals surface area contributed by atoms with Crippen molar-refractivity contribution in [2.45, 2.75) is 6.42 Å². The number of nitrogens with zero attached hydrogens (tertiary/aromatic N) is 3. The fraction of sp³-hybridized carbons (Fsp3) is 0.0769. The Hall–Kier alpha value is -1.75. The summed E-state index contributed by atoms with van der Waals surface area (Å²) in [6.07, 6.45) is 2.44. The maximum absolute atomic E-state index is 12.8. The molecule has 0 saturated carbocycles. The van der Waals surface area contributed by atoms with E-state index in [-0.39, 0.29) is 5.82 Å². The van der Waals surface area contributed by atoms with E-state index >= 15 is 0 Å². The molecular weight excluding hydrogens is 297 g/mol. The zero-order valence-corrected chi connectivity index (χ0v) is 10.9. The molecule has 0 spiro atoms. The van der Waals surface area contributed by atoms with Crippen LogP contribution in [0.4, 0.5) is 4.39 Å². The molecule has 0 fully saturated rings. The van der Waals surface area contributed by atoms with Crippen LogP contribution in [0, 0.1) is 5.82 Å². The Bertz CT molecular complexity index is 691. The lowest BCUT2D eigenvalue weighted by Gasteiger charge is -1.95. The molecule has 0 aliphatic carbocycles. The number of aromatic nitrogens is 3. The van der Waals surface area contributed by atoms with E-state index in [9.17, 15) is 4.39 Å². The Labute approximate surface area is 111 Å². The van der Waals surface area contributed by atoms with Crippen LogP contribution in [0.1, 0.15) is 11.4 Å². The van der Waals surface area contributed by atoms with Crippen molar-refractivity contribution in [1.29, 1.82) is 0 Å². The summed E-state index contributed by atoms with van der Waals surface area (Å²) in [5.74, 6) is 0.484. The summed E-state index contributed by atoms with van der Waals surface area (Å²) in [6.45, 7) is 0. The largest absolute Gasteiger partial charge is 0.220 e. The lowest BCUT2D eigenvalue weighted by Crippen LogP contribution is -1.92. The first-order valence-electron chi connectivity index (χ1n) is 5.46. The van der Waals surface area contributed by atoms with Crippen molar-refractivity contribution >= 4 is 21.6 Å². The fourth-order valence-electron chi connectivity index (χ4n) is 1.78. The van der Waals surface area contributed by atoms with Gasteiger partial charge in [0.15, 0.2) is 11.5 Å². The summed E-state index contributed by atoms with van der Waals surface area (Å²) in [5, 5.41) is 4.37. The first-order valence-corrected chi connectivity index (χ1v) is 6.26. The van der Waals surface area contributed by atoms with Crippen molar-refractivity contribution in [3.05, 3.63) is 64.3 Å². The van der Waals surface area contributed by atoms with Gasteiger partial charge in [0, 0.05) is 12.6 Å². The third-order valence-electron chi connectivity index (χ3n) is 2.63. The molecule has 0 atom stereocenters. The van der Waals surface area contributed by atoms with Gasteiger partial charge in [-0.25, -0.2) is 13.9 Å². The van der Waals surface area contributed by atoms with Crippen molar-refractivity contribution < 1.29 is 4.39 Å². The summed E-state index contributed by atoms with van der Waals surface area (Å²) in [5.41, 5.74) is 1.78. The molecule has 90 valence electrons. The molecule has 0 unspecified atom stereocenters. The standard InChI is InChI=1S/C13H9BrFN3/c14-11-2-1-7-18-13(11)16-12(17-18)8-9-3-5-10(15)6-4-9/h1-7H,8H2. The zero-order valence-electron chi connectivity index (χ0n) is 9.35. The first kappa shape index (κ1) is 11.3. The Balaban J connectivity index is 1.95. The van der Waals surface area contributed by atoms with Crippen LogP contribution in [0.5, 0.6) is 0 Å². The summed E-state index contributed by atoms with van der Waals surface area (Å²) < 4.78 is 15.4. The Morgan fingerprint density at radius 1 is 1.17 bits per heavy atom. The van der Waals surface area contributed by atoms with E-state index in [0.29, 0.717) is 12.2 Å². The van der Waals surface area contributed by atoms with E-state index in [0.717, 1.165) is 15.7 Å². The van der Waals surface area contributed by atoms with Crippen molar-refractivity contribution in [2.75, 3.05) is 0 Å². The van der Waals surface area contributed by atoms with Gasteiger partial charge in [-0.1, -0.05) is 12.1 Å². The molecule has 5 heteroatoms. The highest BCUT2D eigenvalue weighted by Crippen LogP contribution is 2.16. The van der Waals surface area contributed by atoms with Gasteiger partial charge in [-0.05, 0) is 45.8 Å². The number of hydrogen-bond acceptors (Lipinski definition) is 2. The highest BCUT2D eigenvalue weighted by atomic mass is 79.9. The molecule has 0 aliphatic rings. The maximum Gasteiger partial charge on any atom is 0.169 e. The fourth-order valence-corrected chi connectivity index (χ4v) is 2.20. The van der Waals surface area contributed by atoms with Crippen LogP contribution in [0.15, 0.2) is 47.1 Å². The summed E-state index contributed by atoms with van der Waals surface area (Å²) in [4.78, 5) is 4.44. The Morgan fingerprint density at radius 2 is 1.94 bits per heavy atom. The van der Waals surface area contributed by atoms with Gasteiger partial charge in [-0.2, -0.15) is 5.10 Å². The zero-order chi connectivity index (χ0) is 12.5. The van der Waals surface area contributed by atoms with Gasteiger partial charge in [0.2, 0.25) is 0 Å². The molecule has 0 saturated heterocycles. The predicted octanol–water partition coefficient (Wildman–Crippen LogP) is 3.22. The lowest BCUT2D eigenvalue weighted by molar-refractivity contribution is 0.627. The normalized spacial score (nSPS) is 11.0. The SMILES string of the molecule is Fc1ccc(Cc2nc3c(Br)cccn3n2)cc1. The monoisotopic (exact) mass is 305 g/mol. The minimum atomic E-state index is -0.232. The summed E-state index contributed by atoms with van der Waals surface area (Å²) >= 11 is 3.43. The van der Waals surface area contributed by atoms with Crippen LogP contribution in [0.25, 0.3) is 5.65 Å². The molecule has 1 aromatic carbocycles. The molecule has 0 radical (unpaired) electrons. The van der Waals surface area contributed by atoms with Crippen molar-refractivity contribution in [3.8, 4) is 0 Å². The average molecular weight is 306 g/mol. The molecule has 2 heterocycles. The molecule has 0 N–H and O–H groups in total. The number of benzene rings is 1. The highest BCUT2D eigenvalue weighted by molar-refractivity contribution is 9.10. The van der Waals surface area contributed by atoms with Gasteiger partial charge < -0.3 is 0 Å². The topological polar surface area (TPSA) is 30.2 Å². The minimum absolute atomic E-state index is 0.232. The van der Waals surface area contributed by atoms with E-state index in [1.54, 1.807) is 16.6 Å². The van der Waals surface area contributed by atoms with Crippen LogP contribution >= 0.6 is 15.9 Å². The molecule has 3 nitrogen and oxygen atoms in total. The van der Waals surface area contributed by atoms with E-state index in [2.05, 4.69) is 26.0 Å². The van der Waals surface area contributed by atoms with Gasteiger partial charge in [0.1, 0.15) is 5.82 Å². The lowest BCUT2D eigenvalue weighted by atomic mass is 10.1.